The van der Waals surface area contributed by atoms with E-state index >= 15 is 0 Å². The van der Waals surface area contributed by atoms with Crippen LogP contribution in [0.1, 0.15) is 32.3 Å². The highest BCUT2D eigenvalue weighted by Crippen LogP contribution is 2.39. The molecule has 116 valence electrons. The molecule has 4 heteroatoms. The second kappa shape index (κ2) is 6.24. The molecule has 0 aromatic heterocycles. The van der Waals surface area contributed by atoms with Gasteiger partial charge >= 0.3 is 0 Å². The van der Waals surface area contributed by atoms with E-state index in [1.807, 2.05) is 0 Å². The summed E-state index contributed by atoms with van der Waals surface area (Å²) >= 11 is 0. The number of hydrogen-bond acceptors (Lipinski definition) is 4. The molecule has 1 fully saturated rings. The van der Waals surface area contributed by atoms with Crippen molar-refractivity contribution in [2.75, 3.05) is 33.0 Å². The molecular formula is C17H25NO3. The van der Waals surface area contributed by atoms with Crippen LogP contribution >= 0.6 is 0 Å². The van der Waals surface area contributed by atoms with Crippen molar-refractivity contribution in [3.8, 4) is 11.5 Å². The highest BCUT2D eigenvalue weighted by molar-refractivity contribution is 5.46. The van der Waals surface area contributed by atoms with Gasteiger partial charge in [-0.15, -0.1) is 0 Å². The van der Waals surface area contributed by atoms with Gasteiger partial charge in [0.15, 0.2) is 11.5 Å². The molecule has 0 aliphatic carbocycles. The minimum atomic E-state index is 0.137. The Kier molecular flexibility index (Phi) is 4.36. The van der Waals surface area contributed by atoms with E-state index in [1.54, 1.807) is 0 Å². The molecule has 0 atom stereocenters. The first-order valence-electron chi connectivity index (χ1n) is 7.91. The number of hydrogen-bond donors (Lipinski definition) is 1. The third kappa shape index (κ3) is 3.16. The lowest BCUT2D eigenvalue weighted by Crippen LogP contribution is -2.44. The van der Waals surface area contributed by atoms with Crippen molar-refractivity contribution in [1.29, 1.82) is 0 Å². The van der Waals surface area contributed by atoms with E-state index < -0.39 is 0 Å². The minimum Gasteiger partial charge on any atom is -0.486 e. The molecule has 0 unspecified atom stereocenters. The smallest absolute Gasteiger partial charge is 0.161 e. The van der Waals surface area contributed by atoms with Crippen LogP contribution in [0.3, 0.4) is 0 Å². The van der Waals surface area contributed by atoms with Crippen LogP contribution in [0.5, 0.6) is 11.5 Å². The van der Waals surface area contributed by atoms with E-state index in [9.17, 15) is 0 Å². The first-order chi connectivity index (χ1) is 10.2. The number of ether oxygens (including phenoxy) is 3. The van der Waals surface area contributed by atoms with Gasteiger partial charge in [-0.2, -0.15) is 0 Å². The Morgan fingerprint density at radius 2 is 1.76 bits per heavy atom. The average Bonchev–Trinajstić information content (AvgIpc) is 2.53. The zero-order valence-electron chi connectivity index (χ0n) is 13.0. The largest absolute Gasteiger partial charge is 0.486 e. The lowest BCUT2D eigenvalue weighted by molar-refractivity contribution is 0.0490. The molecule has 3 rings (SSSR count). The number of nitrogens with one attached hydrogen (secondary N) is 1. The maximum atomic E-state index is 5.75. The quantitative estimate of drug-likeness (QED) is 0.925. The van der Waals surface area contributed by atoms with Gasteiger partial charge in [-0.05, 0) is 30.5 Å². The molecule has 1 N–H and O–H groups in total. The average molecular weight is 291 g/mol. The fraction of sp³-hybridized carbons (Fsp3) is 0.647. The molecule has 0 bridgehead atoms. The Hall–Kier alpha value is -1.26. The van der Waals surface area contributed by atoms with E-state index in [2.05, 4.69) is 37.4 Å². The van der Waals surface area contributed by atoms with Crippen molar-refractivity contribution in [2.45, 2.75) is 38.1 Å². The lowest BCUT2D eigenvalue weighted by atomic mass is 9.74. The van der Waals surface area contributed by atoms with Gasteiger partial charge in [0.25, 0.3) is 0 Å². The van der Waals surface area contributed by atoms with Crippen LogP contribution in [0.2, 0.25) is 0 Å². The van der Waals surface area contributed by atoms with Crippen LogP contribution in [-0.4, -0.2) is 39.0 Å². The summed E-state index contributed by atoms with van der Waals surface area (Å²) in [7, 11) is 0. The topological polar surface area (TPSA) is 39.7 Å². The van der Waals surface area contributed by atoms with E-state index in [4.69, 9.17) is 14.2 Å². The summed E-state index contributed by atoms with van der Waals surface area (Å²) in [4.78, 5) is 0. The second-order valence-corrected chi connectivity index (χ2v) is 6.29. The molecule has 1 saturated heterocycles. The monoisotopic (exact) mass is 291 g/mol. The third-order valence-electron chi connectivity index (χ3n) is 4.45. The highest BCUT2D eigenvalue weighted by atomic mass is 16.6. The summed E-state index contributed by atoms with van der Waals surface area (Å²) < 4.78 is 17.0. The van der Waals surface area contributed by atoms with E-state index in [0.29, 0.717) is 19.3 Å². The predicted octanol–water partition coefficient (Wildman–Crippen LogP) is 2.50. The maximum Gasteiger partial charge on any atom is 0.161 e. The Labute approximate surface area is 126 Å². The first-order valence-corrected chi connectivity index (χ1v) is 7.91. The molecule has 21 heavy (non-hydrogen) atoms. The number of fused-ring (bicyclic) bond motifs is 1. The van der Waals surface area contributed by atoms with Crippen molar-refractivity contribution in [1.82, 2.24) is 5.32 Å². The molecule has 1 aromatic rings. The minimum absolute atomic E-state index is 0.137. The molecule has 0 radical (unpaired) electrons. The van der Waals surface area contributed by atoms with Gasteiger partial charge in [0, 0.05) is 31.2 Å². The Bertz CT molecular complexity index is 481. The Morgan fingerprint density at radius 3 is 2.48 bits per heavy atom. The van der Waals surface area contributed by atoms with E-state index in [1.165, 1.54) is 5.56 Å². The van der Waals surface area contributed by atoms with Crippen LogP contribution in [0, 0.1) is 0 Å². The zero-order chi connectivity index (χ0) is 14.7. The zero-order valence-corrected chi connectivity index (χ0v) is 13.0. The summed E-state index contributed by atoms with van der Waals surface area (Å²) in [6.45, 7) is 8.29. The highest BCUT2D eigenvalue weighted by Gasteiger charge is 2.35. The fourth-order valence-electron chi connectivity index (χ4n) is 3.10. The lowest BCUT2D eigenvalue weighted by Gasteiger charge is -2.39. The molecule has 0 amide bonds. The predicted molar refractivity (Wildman–Crippen MR) is 82.3 cm³/mol. The van der Waals surface area contributed by atoms with E-state index in [0.717, 1.165) is 44.1 Å². The first kappa shape index (κ1) is 14.7. The molecule has 2 aliphatic heterocycles. The summed E-state index contributed by atoms with van der Waals surface area (Å²) in [5.41, 5.74) is 1.47. The van der Waals surface area contributed by atoms with Crippen molar-refractivity contribution < 1.29 is 14.2 Å². The number of rotatable bonds is 4. The van der Waals surface area contributed by atoms with Crippen LogP contribution in [0.4, 0.5) is 0 Å². The molecular weight excluding hydrogens is 266 g/mol. The van der Waals surface area contributed by atoms with Gasteiger partial charge < -0.3 is 19.5 Å². The maximum absolute atomic E-state index is 5.75. The summed E-state index contributed by atoms with van der Waals surface area (Å²) in [6, 6.07) is 6.90. The SMILES string of the molecule is CC(C)NCC1(c2ccc3c(c2)OCCO3)CCOCC1. The molecule has 0 spiro atoms. The van der Waals surface area contributed by atoms with Crippen molar-refractivity contribution >= 4 is 0 Å². The van der Waals surface area contributed by atoms with Crippen molar-refractivity contribution in [2.24, 2.45) is 0 Å². The van der Waals surface area contributed by atoms with Crippen molar-refractivity contribution in [3.63, 3.8) is 0 Å². The Balaban J connectivity index is 1.88. The van der Waals surface area contributed by atoms with Crippen LogP contribution < -0.4 is 14.8 Å². The summed E-state index contributed by atoms with van der Waals surface area (Å²) in [6.07, 6.45) is 2.10. The van der Waals surface area contributed by atoms with E-state index in [-0.39, 0.29) is 5.41 Å². The second-order valence-electron chi connectivity index (χ2n) is 6.29. The molecule has 0 saturated carbocycles. The third-order valence-corrected chi connectivity index (χ3v) is 4.45. The van der Waals surface area contributed by atoms with Crippen LogP contribution in [-0.2, 0) is 10.2 Å². The van der Waals surface area contributed by atoms with Gasteiger partial charge in [-0.1, -0.05) is 19.9 Å². The summed E-state index contributed by atoms with van der Waals surface area (Å²) in [5, 5.41) is 3.61. The van der Waals surface area contributed by atoms with Gasteiger partial charge in [-0.25, -0.2) is 0 Å². The number of benzene rings is 1. The van der Waals surface area contributed by atoms with Crippen LogP contribution in [0.15, 0.2) is 18.2 Å². The normalized spacial score (nSPS) is 20.5. The van der Waals surface area contributed by atoms with Gasteiger partial charge in [0.1, 0.15) is 13.2 Å². The van der Waals surface area contributed by atoms with Gasteiger partial charge in [0.05, 0.1) is 0 Å². The molecule has 4 nitrogen and oxygen atoms in total. The molecule has 2 heterocycles. The summed E-state index contributed by atoms with van der Waals surface area (Å²) in [5.74, 6) is 1.75. The van der Waals surface area contributed by atoms with Gasteiger partial charge in [0.2, 0.25) is 0 Å². The Morgan fingerprint density at radius 1 is 1.05 bits per heavy atom. The fourth-order valence-corrected chi connectivity index (χ4v) is 3.10. The molecule has 1 aromatic carbocycles. The van der Waals surface area contributed by atoms with Gasteiger partial charge in [-0.3, -0.25) is 0 Å². The standard InChI is InChI=1S/C17H25NO3/c1-13(2)18-12-17(5-7-19-8-6-17)14-3-4-15-16(11-14)21-10-9-20-15/h3-4,11,13,18H,5-10,12H2,1-2H3. The van der Waals surface area contributed by atoms with Crippen molar-refractivity contribution in [3.05, 3.63) is 23.8 Å². The van der Waals surface area contributed by atoms with Crippen LogP contribution in [0.25, 0.3) is 0 Å². The molecule has 2 aliphatic rings.